The van der Waals surface area contributed by atoms with Crippen LogP contribution in [0.25, 0.3) is 0 Å². The normalized spacial score (nSPS) is 11.4. The molecule has 0 aliphatic rings. The molecule has 0 aliphatic heterocycles. The summed E-state index contributed by atoms with van der Waals surface area (Å²) in [5, 5.41) is 0. The molecule has 6 heteroatoms. The lowest BCUT2D eigenvalue weighted by atomic mass is 10.2. The lowest BCUT2D eigenvalue weighted by Gasteiger charge is -2.24. The highest BCUT2D eigenvalue weighted by atomic mass is 32.2. The molecule has 0 heterocycles. The third kappa shape index (κ3) is 5.63. The van der Waals surface area contributed by atoms with E-state index in [1.807, 2.05) is 48.5 Å². The molecule has 0 atom stereocenters. The Bertz CT molecular complexity index is 689. The van der Waals surface area contributed by atoms with Gasteiger partial charge in [0.1, 0.15) is 0 Å². The smallest absolute Gasteiger partial charge is 0.237 e. The Hall–Kier alpha value is -1.89. The van der Waals surface area contributed by atoms with E-state index in [1.165, 1.54) is 4.31 Å². The number of anilines is 1. The summed E-state index contributed by atoms with van der Waals surface area (Å²) in [6.45, 7) is 1.28. The van der Waals surface area contributed by atoms with E-state index in [-0.39, 0.29) is 12.4 Å². The molecular formula is C18H23NO4S. The van der Waals surface area contributed by atoms with E-state index < -0.39 is 10.0 Å². The zero-order valence-corrected chi connectivity index (χ0v) is 14.6. The molecule has 2 aromatic rings. The molecule has 130 valence electrons. The fraction of sp³-hybridized carbons (Fsp3) is 0.333. The molecule has 0 saturated heterocycles. The van der Waals surface area contributed by atoms with Gasteiger partial charge in [-0.3, -0.25) is 4.31 Å². The van der Waals surface area contributed by atoms with Crippen molar-refractivity contribution in [3.8, 4) is 0 Å². The summed E-state index contributed by atoms with van der Waals surface area (Å²) in [6, 6.07) is 18.7. The Kier molecular flexibility index (Phi) is 7.24. The monoisotopic (exact) mass is 349 g/mol. The van der Waals surface area contributed by atoms with Gasteiger partial charge in [0.15, 0.2) is 0 Å². The minimum atomic E-state index is -3.49. The van der Waals surface area contributed by atoms with Gasteiger partial charge < -0.3 is 9.47 Å². The van der Waals surface area contributed by atoms with Crippen molar-refractivity contribution in [2.24, 2.45) is 0 Å². The minimum absolute atomic E-state index is 0.0710. The van der Waals surface area contributed by atoms with Crippen LogP contribution in [0, 0.1) is 0 Å². The minimum Gasteiger partial charge on any atom is -0.382 e. The molecule has 5 nitrogen and oxygen atoms in total. The number of hydrogen-bond acceptors (Lipinski definition) is 4. The van der Waals surface area contributed by atoms with Crippen LogP contribution in [0.15, 0.2) is 60.7 Å². The lowest BCUT2D eigenvalue weighted by molar-refractivity contribution is 0.0785. The van der Waals surface area contributed by atoms with Crippen molar-refractivity contribution < 1.29 is 17.9 Å². The Balaban J connectivity index is 2.12. The summed E-state index contributed by atoms with van der Waals surface area (Å²) in [5.74, 6) is -0.0710. The van der Waals surface area contributed by atoms with Crippen LogP contribution in [0.1, 0.15) is 5.56 Å². The van der Waals surface area contributed by atoms with Crippen molar-refractivity contribution >= 4 is 15.7 Å². The zero-order valence-electron chi connectivity index (χ0n) is 13.8. The van der Waals surface area contributed by atoms with Gasteiger partial charge in [-0.05, 0) is 17.7 Å². The highest BCUT2D eigenvalue weighted by Gasteiger charge is 2.22. The summed E-state index contributed by atoms with van der Waals surface area (Å²) in [4.78, 5) is 0. The van der Waals surface area contributed by atoms with E-state index in [0.29, 0.717) is 25.4 Å². The zero-order chi connectivity index (χ0) is 17.3. The van der Waals surface area contributed by atoms with E-state index in [1.54, 1.807) is 19.2 Å². The molecular weight excluding hydrogens is 326 g/mol. The molecule has 0 aliphatic carbocycles. The summed E-state index contributed by atoms with van der Waals surface area (Å²) < 4.78 is 37.2. The van der Waals surface area contributed by atoms with Gasteiger partial charge in [-0.1, -0.05) is 48.5 Å². The van der Waals surface area contributed by atoms with Gasteiger partial charge in [0.2, 0.25) is 10.0 Å². The Morgan fingerprint density at radius 3 is 2.12 bits per heavy atom. The molecule has 0 amide bonds. The van der Waals surface area contributed by atoms with Crippen LogP contribution in [0.3, 0.4) is 0 Å². The van der Waals surface area contributed by atoms with Crippen LogP contribution in [0.4, 0.5) is 5.69 Å². The Morgan fingerprint density at radius 1 is 0.875 bits per heavy atom. The largest absolute Gasteiger partial charge is 0.382 e. The van der Waals surface area contributed by atoms with E-state index in [4.69, 9.17) is 9.47 Å². The predicted octanol–water partition coefficient (Wildman–Crippen LogP) is 2.69. The highest BCUT2D eigenvalue weighted by molar-refractivity contribution is 7.92. The van der Waals surface area contributed by atoms with Crippen molar-refractivity contribution in [1.29, 1.82) is 0 Å². The van der Waals surface area contributed by atoms with Crippen LogP contribution in [0.2, 0.25) is 0 Å². The number of para-hydroxylation sites is 1. The molecule has 0 N–H and O–H groups in total. The summed E-state index contributed by atoms with van der Waals surface area (Å²) in [5.41, 5.74) is 1.59. The van der Waals surface area contributed by atoms with Crippen LogP contribution in [-0.4, -0.2) is 41.1 Å². The predicted molar refractivity (Wildman–Crippen MR) is 95.5 cm³/mol. The van der Waals surface area contributed by atoms with Gasteiger partial charge in [0.25, 0.3) is 0 Å². The molecule has 0 spiro atoms. The van der Waals surface area contributed by atoms with Gasteiger partial charge in [0.05, 0.1) is 37.8 Å². The van der Waals surface area contributed by atoms with Crippen molar-refractivity contribution in [3.63, 3.8) is 0 Å². The average molecular weight is 349 g/mol. The highest BCUT2D eigenvalue weighted by Crippen LogP contribution is 2.21. The molecule has 0 saturated carbocycles. The molecule has 2 aromatic carbocycles. The number of benzene rings is 2. The summed E-state index contributed by atoms with van der Waals surface area (Å²) >= 11 is 0. The first-order valence-corrected chi connectivity index (χ1v) is 9.40. The van der Waals surface area contributed by atoms with Crippen molar-refractivity contribution in [2.45, 2.75) is 6.54 Å². The van der Waals surface area contributed by atoms with Gasteiger partial charge in [0, 0.05) is 7.11 Å². The number of nitrogens with zero attached hydrogens (tertiary/aromatic N) is 1. The number of rotatable bonds is 10. The molecule has 0 aromatic heterocycles. The van der Waals surface area contributed by atoms with E-state index in [9.17, 15) is 8.42 Å². The maximum Gasteiger partial charge on any atom is 0.237 e. The second-order valence-corrected chi connectivity index (χ2v) is 7.26. The maximum absolute atomic E-state index is 12.8. The molecule has 2 rings (SSSR count). The number of ether oxygens (including phenoxy) is 2. The van der Waals surface area contributed by atoms with Crippen LogP contribution in [-0.2, 0) is 26.0 Å². The molecule has 0 unspecified atom stereocenters. The molecule has 24 heavy (non-hydrogen) atoms. The van der Waals surface area contributed by atoms with E-state index >= 15 is 0 Å². The van der Waals surface area contributed by atoms with Crippen molar-refractivity contribution in [3.05, 3.63) is 66.2 Å². The Morgan fingerprint density at radius 2 is 1.50 bits per heavy atom. The number of hydrogen-bond donors (Lipinski definition) is 0. The Labute approximate surface area is 143 Å². The van der Waals surface area contributed by atoms with Crippen LogP contribution < -0.4 is 4.31 Å². The first-order chi connectivity index (χ1) is 11.6. The number of methoxy groups -OCH3 is 1. The van der Waals surface area contributed by atoms with Gasteiger partial charge in [-0.25, -0.2) is 8.42 Å². The fourth-order valence-electron chi connectivity index (χ4n) is 2.21. The van der Waals surface area contributed by atoms with Crippen LogP contribution >= 0.6 is 0 Å². The fourth-order valence-corrected chi connectivity index (χ4v) is 3.55. The van der Waals surface area contributed by atoms with Gasteiger partial charge >= 0.3 is 0 Å². The molecule has 0 radical (unpaired) electrons. The van der Waals surface area contributed by atoms with E-state index in [2.05, 4.69) is 0 Å². The second-order valence-electron chi connectivity index (χ2n) is 5.25. The van der Waals surface area contributed by atoms with Gasteiger partial charge in [-0.2, -0.15) is 0 Å². The summed E-state index contributed by atoms with van der Waals surface area (Å²) in [7, 11) is -1.91. The van der Waals surface area contributed by atoms with Crippen molar-refractivity contribution in [2.75, 3.05) is 37.0 Å². The van der Waals surface area contributed by atoms with E-state index in [0.717, 1.165) is 5.56 Å². The molecule has 0 fully saturated rings. The average Bonchev–Trinajstić information content (AvgIpc) is 2.61. The van der Waals surface area contributed by atoms with Crippen molar-refractivity contribution in [1.82, 2.24) is 0 Å². The maximum atomic E-state index is 12.8. The molecule has 0 bridgehead atoms. The first-order valence-electron chi connectivity index (χ1n) is 7.79. The quantitative estimate of drug-likeness (QED) is 0.619. The lowest BCUT2D eigenvalue weighted by Crippen LogP contribution is -2.34. The third-order valence-corrected chi connectivity index (χ3v) is 5.16. The number of sulfonamides is 1. The third-order valence-electron chi connectivity index (χ3n) is 3.47. The topological polar surface area (TPSA) is 55.8 Å². The first kappa shape index (κ1) is 18.4. The van der Waals surface area contributed by atoms with Crippen LogP contribution in [0.5, 0.6) is 0 Å². The van der Waals surface area contributed by atoms with Gasteiger partial charge in [-0.15, -0.1) is 0 Å². The standard InChI is InChI=1S/C18H23NO4S/c1-22-12-13-23-14-15-24(20,21)19(18-10-6-3-7-11-18)16-17-8-4-2-5-9-17/h2-11H,12-16H2,1H3. The SMILES string of the molecule is COCCOCCS(=O)(=O)N(Cc1ccccc1)c1ccccc1. The second kappa shape index (κ2) is 9.42. The summed E-state index contributed by atoms with van der Waals surface area (Å²) in [6.07, 6.45) is 0.